The Bertz CT molecular complexity index is 688. The Balaban J connectivity index is 1.39. The van der Waals surface area contributed by atoms with Gasteiger partial charge in [-0.25, -0.2) is 4.39 Å². The maximum absolute atomic E-state index is 13.2. The lowest BCUT2D eigenvalue weighted by Gasteiger charge is -2.19. The summed E-state index contributed by atoms with van der Waals surface area (Å²) in [5, 5.41) is 14.2. The zero-order valence-electron chi connectivity index (χ0n) is 11.9. The Morgan fingerprint density at radius 2 is 2.14 bits per heavy atom. The van der Waals surface area contributed by atoms with Crippen molar-refractivity contribution in [1.82, 2.24) is 10.2 Å². The number of hydrogen-bond donors (Lipinski definition) is 1. The van der Waals surface area contributed by atoms with Gasteiger partial charge >= 0.3 is 0 Å². The van der Waals surface area contributed by atoms with Crippen LogP contribution in [0.1, 0.15) is 30.2 Å². The fourth-order valence-corrected chi connectivity index (χ4v) is 3.92. The second-order valence-electron chi connectivity index (χ2n) is 5.89. The summed E-state index contributed by atoms with van der Waals surface area (Å²) < 4.78 is 13.2. The lowest BCUT2D eigenvalue weighted by Crippen LogP contribution is -2.25. The topological polar surface area (TPSA) is 41.0 Å². The molecule has 1 aliphatic heterocycles. The van der Waals surface area contributed by atoms with Crippen molar-refractivity contribution in [3.63, 3.8) is 0 Å². The number of nitrogens with zero attached hydrogens (tertiary/aromatic N) is 3. The van der Waals surface area contributed by atoms with E-state index in [0.29, 0.717) is 12.0 Å². The van der Waals surface area contributed by atoms with Crippen molar-refractivity contribution >= 4 is 33.8 Å². The van der Waals surface area contributed by atoms with Gasteiger partial charge in [0.2, 0.25) is 5.13 Å². The summed E-state index contributed by atoms with van der Waals surface area (Å²) in [5.74, 6) is 0.273. The summed E-state index contributed by atoms with van der Waals surface area (Å²) in [7, 11) is 0. The molecule has 1 saturated carbocycles. The normalized spacial score (nSPS) is 21.4. The van der Waals surface area contributed by atoms with Crippen LogP contribution in [0.2, 0.25) is 5.02 Å². The van der Waals surface area contributed by atoms with Gasteiger partial charge in [-0.1, -0.05) is 22.9 Å². The van der Waals surface area contributed by atoms with Gasteiger partial charge < -0.3 is 10.2 Å². The highest BCUT2D eigenvalue weighted by atomic mass is 35.5. The van der Waals surface area contributed by atoms with Crippen molar-refractivity contribution < 1.29 is 4.39 Å². The van der Waals surface area contributed by atoms with E-state index in [9.17, 15) is 4.39 Å². The molecule has 0 amide bonds. The zero-order chi connectivity index (χ0) is 15.1. The van der Waals surface area contributed by atoms with Crippen LogP contribution in [0, 0.1) is 5.82 Å². The minimum Gasteiger partial charge on any atom is -0.369 e. The van der Waals surface area contributed by atoms with Crippen molar-refractivity contribution in [3.8, 4) is 0 Å². The molecule has 1 saturated heterocycles. The van der Waals surface area contributed by atoms with Crippen LogP contribution < -0.4 is 10.2 Å². The van der Waals surface area contributed by atoms with Gasteiger partial charge in [0.25, 0.3) is 0 Å². The molecule has 1 aliphatic carbocycles. The average molecular weight is 339 g/mol. The summed E-state index contributed by atoms with van der Waals surface area (Å²) >= 11 is 7.53. The van der Waals surface area contributed by atoms with E-state index in [1.165, 1.54) is 18.9 Å². The third-order valence-corrected chi connectivity index (χ3v) is 5.46. The van der Waals surface area contributed by atoms with Crippen molar-refractivity contribution in [2.24, 2.45) is 0 Å². The van der Waals surface area contributed by atoms with Crippen LogP contribution in [-0.2, 0) is 0 Å². The first-order valence-corrected chi connectivity index (χ1v) is 8.68. The quantitative estimate of drug-likeness (QED) is 0.918. The van der Waals surface area contributed by atoms with Crippen LogP contribution in [-0.4, -0.2) is 29.3 Å². The highest BCUT2D eigenvalue weighted by molar-refractivity contribution is 7.15. The van der Waals surface area contributed by atoms with Gasteiger partial charge in [0.1, 0.15) is 10.8 Å². The minimum atomic E-state index is -0.374. The van der Waals surface area contributed by atoms with Crippen LogP contribution >= 0.6 is 22.9 Å². The Kier molecular flexibility index (Phi) is 3.66. The number of nitrogens with one attached hydrogen (secondary N) is 1. The number of hydrogen-bond acceptors (Lipinski definition) is 5. The predicted molar refractivity (Wildman–Crippen MR) is 87.5 cm³/mol. The second-order valence-corrected chi connectivity index (χ2v) is 7.31. The molecule has 1 atom stereocenters. The van der Waals surface area contributed by atoms with Crippen molar-refractivity contribution in [2.45, 2.75) is 31.2 Å². The van der Waals surface area contributed by atoms with E-state index in [1.54, 1.807) is 23.5 Å². The van der Waals surface area contributed by atoms with Gasteiger partial charge in [-0.05, 0) is 37.5 Å². The monoisotopic (exact) mass is 338 g/mol. The zero-order valence-corrected chi connectivity index (χ0v) is 13.5. The number of rotatable bonds is 4. The molecule has 4 rings (SSSR count). The molecule has 2 heterocycles. The summed E-state index contributed by atoms with van der Waals surface area (Å²) in [4.78, 5) is 2.21. The largest absolute Gasteiger partial charge is 0.369 e. The molecular formula is C15H16ClFN4S. The van der Waals surface area contributed by atoms with E-state index < -0.39 is 0 Å². The maximum Gasteiger partial charge on any atom is 0.205 e. The minimum absolute atomic E-state index is 0.173. The molecule has 0 spiro atoms. The molecule has 7 heteroatoms. The molecule has 0 bridgehead atoms. The molecular weight excluding hydrogens is 323 g/mol. The van der Waals surface area contributed by atoms with E-state index in [2.05, 4.69) is 20.4 Å². The Morgan fingerprint density at radius 1 is 1.27 bits per heavy atom. The van der Waals surface area contributed by atoms with Gasteiger partial charge in [-0.2, -0.15) is 0 Å². The molecule has 2 aromatic rings. The SMILES string of the molecule is Fc1ccc(N2CCC(Nc3nnc(C4CC4)s3)C2)cc1Cl. The molecule has 116 valence electrons. The molecule has 0 radical (unpaired) electrons. The summed E-state index contributed by atoms with van der Waals surface area (Å²) in [5.41, 5.74) is 0.964. The first kappa shape index (κ1) is 14.2. The van der Waals surface area contributed by atoms with Crippen molar-refractivity contribution in [1.29, 1.82) is 0 Å². The number of aromatic nitrogens is 2. The van der Waals surface area contributed by atoms with Crippen LogP contribution in [0.3, 0.4) is 0 Å². The molecule has 1 unspecified atom stereocenters. The van der Waals surface area contributed by atoms with Crippen molar-refractivity contribution in [2.75, 3.05) is 23.3 Å². The van der Waals surface area contributed by atoms with Gasteiger partial charge in [0.05, 0.1) is 5.02 Å². The molecule has 2 fully saturated rings. The predicted octanol–water partition coefficient (Wildman–Crippen LogP) is 3.90. The van der Waals surface area contributed by atoms with Crippen LogP contribution in [0.4, 0.5) is 15.2 Å². The van der Waals surface area contributed by atoms with E-state index in [0.717, 1.165) is 35.3 Å². The molecule has 1 aromatic heterocycles. The van der Waals surface area contributed by atoms with Gasteiger partial charge in [-0.3, -0.25) is 0 Å². The van der Waals surface area contributed by atoms with Gasteiger partial charge in [0.15, 0.2) is 0 Å². The molecule has 1 N–H and O–H groups in total. The van der Waals surface area contributed by atoms with Gasteiger partial charge in [0, 0.05) is 30.7 Å². The Morgan fingerprint density at radius 3 is 2.91 bits per heavy atom. The lowest BCUT2D eigenvalue weighted by molar-refractivity contribution is 0.628. The molecule has 22 heavy (non-hydrogen) atoms. The highest BCUT2D eigenvalue weighted by Crippen LogP contribution is 2.42. The standard InChI is InChI=1S/C15H16ClFN4S/c16-12-7-11(3-4-13(12)17)21-6-5-10(8-21)18-15-20-19-14(22-15)9-1-2-9/h3-4,7,9-10H,1-2,5-6,8H2,(H,18,20). The van der Waals surface area contributed by atoms with Crippen LogP contribution in [0.15, 0.2) is 18.2 Å². The Labute approximate surface area is 137 Å². The number of halogens is 2. The second kappa shape index (κ2) is 5.66. The van der Waals surface area contributed by atoms with E-state index in [-0.39, 0.29) is 10.8 Å². The fourth-order valence-electron chi connectivity index (χ4n) is 2.76. The molecule has 2 aliphatic rings. The first-order chi connectivity index (χ1) is 10.7. The highest BCUT2D eigenvalue weighted by Gasteiger charge is 2.29. The summed E-state index contributed by atoms with van der Waals surface area (Å²) in [6.07, 6.45) is 3.52. The number of anilines is 2. The number of benzene rings is 1. The smallest absolute Gasteiger partial charge is 0.205 e. The van der Waals surface area contributed by atoms with Crippen LogP contribution in [0.5, 0.6) is 0 Å². The van der Waals surface area contributed by atoms with Crippen LogP contribution in [0.25, 0.3) is 0 Å². The lowest BCUT2D eigenvalue weighted by atomic mass is 10.3. The third kappa shape index (κ3) is 2.90. The van der Waals surface area contributed by atoms with E-state index >= 15 is 0 Å². The molecule has 4 nitrogen and oxygen atoms in total. The maximum atomic E-state index is 13.2. The first-order valence-electron chi connectivity index (χ1n) is 7.49. The summed E-state index contributed by atoms with van der Waals surface area (Å²) in [6, 6.07) is 5.23. The van der Waals surface area contributed by atoms with E-state index in [4.69, 9.17) is 11.6 Å². The van der Waals surface area contributed by atoms with E-state index in [1.807, 2.05) is 0 Å². The van der Waals surface area contributed by atoms with Gasteiger partial charge in [-0.15, -0.1) is 10.2 Å². The summed E-state index contributed by atoms with van der Waals surface area (Å²) in [6.45, 7) is 1.79. The fraction of sp³-hybridized carbons (Fsp3) is 0.467. The Hall–Kier alpha value is -1.40. The molecule has 1 aromatic carbocycles. The average Bonchev–Trinajstić information content (AvgIpc) is 3.08. The van der Waals surface area contributed by atoms with Crippen molar-refractivity contribution in [3.05, 3.63) is 34.0 Å². The third-order valence-electron chi connectivity index (χ3n) is 4.15.